The van der Waals surface area contributed by atoms with Gasteiger partial charge in [0, 0.05) is 11.6 Å². The van der Waals surface area contributed by atoms with Crippen LogP contribution >= 0.6 is 23.2 Å². The third-order valence-corrected chi connectivity index (χ3v) is 5.29. The molecule has 0 spiro atoms. The number of amides is 1. The van der Waals surface area contributed by atoms with E-state index in [9.17, 15) is 4.79 Å². The number of carbonyl (C=O) groups is 1. The highest BCUT2D eigenvalue weighted by molar-refractivity contribution is 6.42. The fraction of sp³-hybridized carbons (Fsp3) is 0.588. The first-order valence-electron chi connectivity index (χ1n) is 7.64. The summed E-state index contributed by atoms with van der Waals surface area (Å²) in [6, 6.07) is 5.21. The lowest BCUT2D eigenvalue weighted by molar-refractivity contribution is -0.123. The molecule has 0 saturated heterocycles. The van der Waals surface area contributed by atoms with Crippen molar-refractivity contribution in [1.29, 1.82) is 0 Å². The van der Waals surface area contributed by atoms with E-state index < -0.39 is 0 Å². The van der Waals surface area contributed by atoms with Crippen LogP contribution in [0, 0.1) is 23.7 Å². The minimum absolute atomic E-state index is 0.0863. The smallest absolute Gasteiger partial charge is 0.227 e. The zero-order valence-corrected chi connectivity index (χ0v) is 14.3. The molecule has 2 rings (SSSR count). The highest BCUT2D eigenvalue weighted by atomic mass is 35.5. The molecule has 1 aliphatic rings. The molecule has 116 valence electrons. The first-order valence-corrected chi connectivity index (χ1v) is 8.40. The fourth-order valence-corrected chi connectivity index (χ4v) is 3.61. The topological polar surface area (TPSA) is 29.1 Å². The van der Waals surface area contributed by atoms with E-state index in [0.29, 0.717) is 27.8 Å². The molecule has 1 saturated carbocycles. The minimum atomic E-state index is 0.0863. The molecule has 1 N–H and O–H groups in total. The normalized spacial score (nSPS) is 25.9. The lowest BCUT2D eigenvalue weighted by Crippen LogP contribution is -2.36. The summed E-state index contributed by atoms with van der Waals surface area (Å²) < 4.78 is 0. The summed E-state index contributed by atoms with van der Waals surface area (Å²) in [6.07, 6.45) is 3.33. The maximum Gasteiger partial charge on any atom is 0.227 e. The van der Waals surface area contributed by atoms with Gasteiger partial charge in [0.1, 0.15) is 0 Å². The van der Waals surface area contributed by atoms with Gasteiger partial charge in [-0.2, -0.15) is 0 Å². The second-order valence-electron chi connectivity index (χ2n) is 6.55. The molecule has 4 heteroatoms. The molecule has 1 aromatic rings. The Balaban J connectivity index is 2.11. The van der Waals surface area contributed by atoms with Gasteiger partial charge in [0.05, 0.1) is 10.0 Å². The van der Waals surface area contributed by atoms with Gasteiger partial charge >= 0.3 is 0 Å². The SMILES string of the molecule is CC(C)[C@@H]1CC[C@@H](C)C[C@H]1C(=O)Nc1ccc(Cl)c(Cl)c1. The zero-order valence-electron chi connectivity index (χ0n) is 12.8. The fourth-order valence-electron chi connectivity index (χ4n) is 3.31. The molecule has 0 aromatic heterocycles. The van der Waals surface area contributed by atoms with Crippen LogP contribution in [0.5, 0.6) is 0 Å². The zero-order chi connectivity index (χ0) is 15.6. The highest BCUT2D eigenvalue weighted by Crippen LogP contribution is 2.38. The third-order valence-electron chi connectivity index (χ3n) is 4.55. The van der Waals surface area contributed by atoms with E-state index in [0.717, 1.165) is 18.5 Å². The summed E-state index contributed by atoms with van der Waals surface area (Å²) in [4.78, 5) is 12.6. The van der Waals surface area contributed by atoms with Gasteiger partial charge in [0.25, 0.3) is 0 Å². The number of benzene rings is 1. The molecule has 0 aliphatic heterocycles. The van der Waals surface area contributed by atoms with E-state index in [-0.39, 0.29) is 11.8 Å². The molecule has 1 fully saturated rings. The average Bonchev–Trinajstić information content (AvgIpc) is 2.42. The summed E-state index contributed by atoms with van der Waals surface area (Å²) in [7, 11) is 0. The Labute approximate surface area is 137 Å². The Bertz CT molecular complexity index is 516. The Morgan fingerprint density at radius 1 is 1.24 bits per heavy atom. The standard InChI is InChI=1S/C17H23Cl2NO/c1-10(2)13-6-4-11(3)8-14(13)17(21)20-12-5-7-15(18)16(19)9-12/h5,7,9-11,13-14H,4,6,8H2,1-3H3,(H,20,21)/t11-,13+,14-/m1/s1. The molecule has 0 unspecified atom stereocenters. The van der Waals surface area contributed by atoms with Crippen molar-refractivity contribution in [2.45, 2.75) is 40.0 Å². The Morgan fingerprint density at radius 3 is 2.57 bits per heavy atom. The molecule has 0 bridgehead atoms. The summed E-state index contributed by atoms with van der Waals surface area (Å²) in [6.45, 7) is 6.65. The van der Waals surface area contributed by atoms with Crippen molar-refractivity contribution in [2.75, 3.05) is 5.32 Å². The monoisotopic (exact) mass is 327 g/mol. The van der Waals surface area contributed by atoms with Crippen LogP contribution in [0.4, 0.5) is 5.69 Å². The van der Waals surface area contributed by atoms with Crippen molar-refractivity contribution in [2.24, 2.45) is 23.7 Å². The van der Waals surface area contributed by atoms with Gasteiger partial charge in [-0.1, -0.05) is 50.4 Å². The maximum absolute atomic E-state index is 12.6. The van der Waals surface area contributed by atoms with E-state index in [2.05, 4.69) is 26.1 Å². The Kier molecular flexibility index (Phi) is 5.56. The Morgan fingerprint density at radius 2 is 1.95 bits per heavy atom. The van der Waals surface area contributed by atoms with Gasteiger partial charge in [-0.05, 0) is 48.8 Å². The largest absolute Gasteiger partial charge is 0.326 e. The van der Waals surface area contributed by atoms with Gasteiger partial charge < -0.3 is 5.32 Å². The van der Waals surface area contributed by atoms with Crippen LogP contribution in [0.3, 0.4) is 0 Å². The van der Waals surface area contributed by atoms with Crippen molar-refractivity contribution in [3.8, 4) is 0 Å². The second kappa shape index (κ2) is 7.02. The van der Waals surface area contributed by atoms with Crippen LogP contribution in [0.1, 0.15) is 40.0 Å². The van der Waals surface area contributed by atoms with Gasteiger partial charge in [0.2, 0.25) is 5.91 Å². The number of rotatable bonds is 3. The average molecular weight is 328 g/mol. The van der Waals surface area contributed by atoms with E-state index in [1.165, 1.54) is 6.42 Å². The van der Waals surface area contributed by atoms with Crippen LogP contribution in [0.15, 0.2) is 18.2 Å². The molecule has 0 heterocycles. The number of carbonyl (C=O) groups excluding carboxylic acids is 1. The van der Waals surface area contributed by atoms with Crippen LogP contribution < -0.4 is 5.32 Å². The molecule has 0 radical (unpaired) electrons. The molecule has 2 nitrogen and oxygen atoms in total. The first kappa shape index (κ1) is 16.6. The summed E-state index contributed by atoms with van der Waals surface area (Å²) >= 11 is 11.9. The second-order valence-corrected chi connectivity index (χ2v) is 7.37. The van der Waals surface area contributed by atoms with Crippen LogP contribution in [0.2, 0.25) is 10.0 Å². The summed E-state index contributed by atoms with van der Waals surface area (Å²) in [5.41, 5.74) is 0.718. The lowest BCUT2D eigenvalue weighted by Gasteiger charge is -2.36. The number of halogens is 2. The predicted molar refractivity (Wildman–Crippen MR) is 89.9 cm³/mol. The summed E-state index contributed by atoms with van der Waals surface area (Å²) in [5, 5.41) is 3.97. The molecule has 3 atom stereocenters. The number of hydrogen-bond donors (Lipinski definition) is 1. The van der Waals surface area contributed by atoms with Crippen molar-refractivity contribution in [3.63, 3.8) is 0 Å². The molecule has 1 amide bonds. The van der Waals surface area contributed by atoms with Crippen molar-refractivity contribution in [1.82, 2.24) is 0 Å². The molecular formula is C17H23Cl2NO. The predicted octanol–water partition coefficient (Wildman–Crippen LogP) is 5.64. The van der Waals surface area contributed by atoms with Gasteiger partial charge in [-0.25, -0.2) is 0 Å². The molecule has 1 aromatic carbocycles. The molecule has 21 heavy (non-hydrogen) atoms. The quantitative estimate of drug-likeness (QED) is 0.764. The van der Waals surface area contributed by atoms with Crippen molar-refractivity contribution < 1.29 is 4.79 Å². The van der Waals surface area contributed by atoms with E-state index >= 15 is 0 Å². The van der Waals surface area contributed by atoms with Gasteiger partial charge in [0.15, 0.2) is 0 Å². The molecule has 1 aliphatic carbocycles. The van der Waals surface area contributed by atoms with Gasteiger partial charge in [-0.15, -0.1) is 0 Å². The molecular weight excluding hydrogens is 305 g/mol. The van der Waals surface area contributed by atoms with E-state index in [4.69, 9.17) is 23.2 Å². The van der Waals surface area contributed by atoms with Crippen LogP contribution in [-0.2, 0) is 4.79 Å². The number of nitrogens with one attached hydrogen (secondary N) is 1. The van der Waals surface area contributed by atoms with Crippen LogP contribution in [0.25, 0.3) is 0 Å². The maximum atomic E-state index is 12.6. The Hall–Kier alpha value is -0.730. The van der Waals surface area contributed by atoms with Crippen molar-refractivity contribution in [3.05, 3.63) is 28.2 Å². The first-order chi connectivity index (χ1) is 9.88. The van der Waals surface area contributed by atoms with Gasteiger partial charge in [-0.3, -0.25) is 4.79 Å². The number of anilines is 1. The van der Waals surface area contributed by atoms with E-state index in [1.807, 2.05) is 0 Å². The van der Waals surface area contributed by atoms with Crippen LogP contribution in [-0.4, -0.2) is 5.91 Å². The third kappa shape index (κ3) is 4.14. The lowest BCUT2D eigenvalue weighted by atomic mass is 9.70. The number of hydrogen-bond acceptors (Lipinski definition) is 1. The minimum Gasteiger partial charge on any atom is -0.326 e. The highest BCUT2D eigenvalue weighted by Gasteiger charge is 2.35. The van der Waals surface area contributed by atoms with Crippen molar-refractivity contribution >= 4 is 34.8 Å². The van der Waals surface area contributed by atoms with E-state index in [1.54, 1.807) is 18.2 Å². The summed E-state index contributed by atoms with van der Waals surface area (Å²) in [5.74, 6) is 1.80.